The standard InChI is InChI=1S/C17H21NO3S/c1-5-14-8-6-7-9-16(14)18(3)22(19,20)15-10-11-17(21-4)13(2)12-15/h6-12H,5H2,1-4H3. The van der Waals surface area contributed by atoms with Crippen LogP contribution in [0.3, 0.4) is 0 Å². The van der Waals surface area contributed by atoms with Gasteiger partial charge in [-0.05, 0) is 48.7 Å². The van der Waals surface area contributed by atoms with Crippen molar-refractivity contribution in [3.63, 3.8) is 0 Å². The molecule has 0 aromatic heterocycles. The molecule has 0 unspecified atom stereocenters. The number of para-hydroxylation sites is 1. The fraction of sp³-hybridized carbons (Fsp3) is 0.294. The minimum absolute atomic E-state index is 0.263. The summed E-state index contributed by atoms with van der Waals surface area (Å²) in [5, 5.41) is 0. The second-order valence-electron chi connectivity index (χ2n) is 5.09. The molecular formula is C17H21NO3S. The quantitative estimate of drug-likeness (QED) is 0.848. The zero-order valence-corrected chi connectivity index (χ0v) is 14.1. The maximum atomic E-state index is 12.8. The number of methoxy groups -OCH3 is 1. The van der Waals surface area contributed by atoms with E-state index in [4.69, 9.17) is 4.74 Å². The number of benzene rings is 2. The summed E-state index contributed by atoms with van der Waals surface area (Å²) < 4.78 is 32.2. The zero-order chi connectivity index (χ0) is 16.3. The zero-order valence-electron chi connectivity index (χ0n) is 13.3. The van der Waals surface area contributed by atoms with Gasteiger partial charge in [-0.2, -0.15) is 0 Å². The molecule has 2 aromatic carbocycles. The first-order chi connectivity index (χ1) is 10.4. The summed E-state index contributed by atoms with van der Waals surface area (Å²) in [4.78, 5) is 0.263. The topological polar surface area (TPSA) is 46.6 Å². The Kier molecular flexibility index (Phi) is 4.76. The van der Waals surface area contributed by atoms with E-state index in [1.54, 1.807) is 32.4 Å². The molecule has 0 radical (unpaired) electrons. The fourth-order valence-corrected chi connectivity index (χ4v) is 3.73. The summed E-state index contributed by atoms with van der Waals surface area (Å²) in [5.41, 5.74) is 2.50. The molecule has 2 aromatic rings. The monoisotopic (exact) mass is 319 g/mol. The van der Waals surface area contributed by atoms with E-state index in [9.17, 15) is 8.42 Å². The predicted octanol–water partition coefficient (Wildman–Crippen LogP) is 3.39. The molecule has 2 rings (SSSR count). The fourth-order valence-electron chi connectivity index (χ4n) is 2.42. The Morgan fingerprint density at radius 3 is 2.41 bits per heavy atom. The van der Waals surface area contributed by atoms with Crippen molar-refractivity contribution in [1.82, 2.24) is 0 Å². The molecule has 118 valence electrons. The van der Waals surface area contributed by atoms with E-state index in [1.807, 2.05) is 38.1 Å². The van der Waals surface area contributed by atoms with Crippen LogP contribution >= 0.6 is 0 Å². The summed E-state index contributed by atoms with van der Waals surface area (Å²) in [7, 11) is -0.438. The Balaban J connectivity index is 2.47. The van der Waals surface area contributed by atoms with Gasteiger partial charge in [0.2, 0.25) is 0 Å². The molecule has 0 amide bonds. The Labute approximate surface area is 132 Å². The van der Waals surface area contributed by atoms with E-state index in [1.165, 1.54) is 4.31 Å². The highest BCUT2D eigenvalue weighted by Gasteiger charge is 2.23. The highest BCUT2D eigenvalue weighted by molar-refractivity contribution is 7.92. The van der Waals surface area contributed by atoms with Gasteiger partial charge in [-0.15, -0.1) is 0 Å². The smallest absolute Gasteiger partial charge is 0.264 e. The average Bonchev–Trinajstić information content (AvgIpc) is 2.53. The number of anilines is 1. The van der Waals surface area contributed by atoms with Crippen molar-refractivity contribution in [2.75, 3.05) is 18.5 Å². The van der Waals surface area contributed by atoms with Crippen LogP contribution in [0.4, 0.5) is 5.69 Å². The Hall–Kier alpha value is -2.01. The number of nitrogens with zero attached hydrogens (tertiary/aromatic N) is 1. The first-order valence-electron chi connectivity index (χ1n) is 7.13. The second kappa shape index (κ2) is 6.40. The van der Waals surface area contributed by atoms with Crippen LogP contribution in [0.1, 0.15) is 18.1 Å². The SMILES string of the molecule is CCc1ccccc1N(C)S(=O)(=O)c1ccc(OC)c(C)c1. The van der Waals surface area contributed by atoms with E-state index in [-0.39, 0.29) is 4.90 Å². The van der Waals surface area contributed by atoms with Crippen LogP contribution in [0.2, 0.25) is 0 Å². The Morgan fingerprint density at radius 2 is 1.82 bits per heavy atom. The summed E-state index contributed by atoms with van der Waals surface area (Å²) in [6.45, 7) is 3.84. The lowest BCUT2D eigenvalue weighted by Gasteiger charge is -2.22. The molecule has 5 heteroatoms. The van der Waals surface area contributed by atoms with Gasteiger partial charge in [0.25, 0.3) is 10.0 Å². The lowest BCUT2D eigenvalue weighted by atomic mass is 10.1. The van der Waals surface area contributed by atoms with Crippen LogP contribution in [0.25, 0.3) is 0 Å². The van der Waals surface area contributed by atoms with Gasteiger partial charge < -0.3 is 4.74 Å². The van der Waals surface area contributed by atoms with Gasteiger partial charge >= 0.3 is 0 Å². The summed E-state index contributed by atoms with van der Waals surface area (Å²) >= 11 is 0. The highest BCUT2D eigenvalue weighted by Crippen LogP contribution is 2.28. The van der Waals surface area contributed by atoms with Gasteiger partial charge in [0, 0.05) is 7.05 Å². The Morgan fingerprint density at radius 1 is 1.14 bits per heavy atom. The van der Waals surface area contributed by atoms with E-state index in [0.717, 1.165) is 17.5 Å². The van der Waals surface area contributed by atoms with Gasteiger partial charge in [-0.1, -0.05) is 25.1 Å². The van der Waals surface area contributed by atoms with Crippen LogP contribution in [0.5, 0.6) is 5.75 Å². The van der Waals surface area contributed by atoms with E-state index < -0.39 is 10.0 Å². The van der Waals surface area contributed by atoms with Crippen molar-refractivity contribution in [3.05, 3.63) is 53.6 Å². The van der Waals surface area contributed by atoms with Crippen LogP contribution < -0.4 is 9.04 Å². The lowest BCUT2D eigenvalue weighted by Crippen LogP contribution is -2.27. The molecule has 0 saturated carbocycles. The lowest BCUT2D eigenvalue weighted by molar-refractivity contribution is 0.411. The van der Waals surface area contributed by atoms with Crippen LogP contribution in [-0.4, -0.2) is 22.6 Å². The van der Waals surface area contributed by atoms with Crippen LogP contribution in [0, 0.1) is 6.92 Å². The molecule has 0 aliphatic heterocycles. The van der Waals surface area contributed by atoms with Crippen molar-refractivity contribution in [3.8, 4) is 5.75 Å². The minimum atomic E-state index is -3.59. The third-order valence-corrected chi connectivity index (χ3v) is 5.50. The summed E-state index contributed by atoms with van der Waals surface area (Å²) in [5.74, 6) is 0.676. The largest absolute Gasteiger partial charge is 0.496 e. The average molecular weight is 319 g/mol. The molecule has 22 heavy (non-hydrogen) atoms. The molecule has 0 spiro atoms. The van der Waals surface area contributed by atoms with E-state index in [0.29, 0.717) is 11.4 Å². The summed E-state index contributed by atoms with van der Waals surface area (Å²) in [6.07, 6.45) is 0.775. The normalized spacial score (nSPS) is 11.3. The minimum Gasteiger partial charge on any atom is -0.496 e. The highest BCUT2D eigenvalue weighted by atomic mass is 32.2. The van der Waals surface area contributed by atoms with Crippen LogP contribution in [-0.2, 0) is 16.4 Å². The molecule has 0 N–H and O–H groups in total. The molecule has 0 fully saturated rings. The van der Waals surface area contributed by atoms with E-state index >= 15 is 0 Å². The number of hydrogen-bond donors (Lipinski definition) is 0. The van der Waals surface area contributed by atoms with E-state index in [2.05, 4.69) is 0 Å². The number of hydrogen-bond acceptors (Lipinski definition) is 3. The number of aryl methyl sites for hydroxylation is 2. The molecule has 0 aliphatic rings. The van der Waals surface area contributed by atoms with Gasteiger partial charge in [0.15, 0.2) is 0 Å². The van der Waals surface area contributed by atoms with Crippen molar-refractivity contribution >= 4 is 15.7 Å². The van der Waals surface area contributed by atoms with Gasteiger partial charge in [0.05, 0.1) is 17.7 Å². The van der Waals surface area contributed by atoms with Crippen LogP contribution in [0.15, 0.2) is 47.4 Å². The molecule has 4 nitrogen and oxygen atoms in total. The van der Waals surface area contributed by atoms with Gasteiger partial charge in [-0.25, -0.2) is 8.42 Å². The maximum Gasteiger partial charge on any atom is 0.264 e. The predicted molar refractivity (Wildman–Crippen MR) is 89.1 cm³/mol. The molecule has 0 saturated heterocycles. The van der Waals surface area contributed by atoms with Crippen molar-refractivity contribution in [1.29, 1.82) is 0 Å². The van der Waals surface area contributed by atoms with Gasteiger partial charge in [-0.3, -0.25) is 4.31 Å². The second-order valence-corrected chi connectivity index (χ2v) is 7.06. The van der Waals surface area contributed by atoms with Crippen molar-refractivity contribution in [2.24, 2.45) is 0 Å². The number of ether oxygens (including phenoxy) is 1. The summed E-state index contributed by atoms with van der Waals surface area (Å²) in [6, 6.07) is 12.4. The molecule has 0 atom stereocenters. The van der Waals surface area contributed by atoms with Crippen molar-refractivity contribution in [2.45, 2.75) is 25.2 Å². The first-order valence-corrected chi connectivity index (χ1v) is 8.57. The molecular weight excluding hydrogens is 298 g/mol. The molecule has 0 bridgehead atoms. The van der Waals surface area contributed by atoms with Crippen molar-refractivity contribution < 1.29 is 13.2 Å². The number of rotatable bonds is 5. The first kappa shape index (κ1) is 16.4. The Bertz CT molecular complexity index is 769. The maximum absolute atomic E-state index is 12.8. The third kappa shape index (κ3) is 2.95. The molecule has 0 heterocycles. The third-order valence-electron chi connectivity index (χ3n) is 3.74. The number of sulfonamides is 1. The van der Waals surface area contributed by atoms with Gasteiger partial charge in [0.1, 0.15) is 5.75 Å². The molecule has 0 aliphatic carbocycles.